The quantitative estimate of drug-likeness (QED) is 0.257. The molecule has 0 aliphatic carbocycles. The van der Waals surface area contributed by atoms with Crippen LogP contribution in [-0.2, 0) is 0 Å². The van der Waals surface area contributed by atoms with Crippen LogP contribution in [0.2, 0.25) is 0 Å². The Bertz CT molecular complexity index is 498. The van der Waals surface area contributed by atoms with Crippen LogP contribution in [0.4, 0.5) is 5.69 Å². The average Bonchev–Trinajstić information content (AvgIpc) is 2.42. The van der Waals surface area contributed by atoms with Crippen LogP contribution in [0.3, 0.4) is 0 Å². The van der Waals surface area contributed by atoms with Crippen molar-refractivity contribution in [3.63, 3.8) is 0 Å². The molecule has 4 heteroatoms. The van der Waals surface area contributed by atoms with E-state index in [0.717, 1.165) is 18.4 Å². The largest absolute Gasteiger partial charge is 0.280 e. The van der Waals surface area contributed by atoms with Crippen molar-refractivity contribution >= 4 is 11.9 Å². The molecule has 0 fully saturated rings. The van der Waals surface area contributed by atoms with Gasteiger partial charge in [-0.25, -0.2) is 0 Å². The third-order valence-electron chi connectivity index (χ3n) is 2.52. The zero-order valence-corrected chi connectivity index (χ0v) is 11.1. The Labute approximate surface area is 113 Å². The van der Waals surface area contributed by atoms with Crippen molar-refractivity contribution in [1.82, 2.24) is 0 Å². The lowest BCUT2D eigenvalue weighted by Crippen LogP contribution is -1.89. The monoisotopic (exact) mass is 258 g/mol. The predicted octanol–water partition coefficient (Wildman–Crippen LogP) is 3.60. The summed E-state index contributed by atoms with van der Waals surface area (Å²) in [5.74, 6) is 6.03. The molecule has 0 aliphatic rings. The molecule has 0 amide bonds. The van der Waals surface area contributed by atoms with E-state index in [1.165, 1.54) is 25.0 Å². The zero-order chi connectivity index (χ0) is 13.9. The lowest BCUT2D eigenvalue weighted by molar-refractivity contribution is -0.384. The molecule has 0 radical (unpaired) electrons. The van der Waals surface area contributed by atoms with E-state index < -0.39 is 4.92 Å². The van der Waals surface area contributed by atoms with Crippen molar-refractivity contribution < 1.29 is 4.92 Å². The van der Waals surface area contributed by atoms with Crippen molar-refractivity contribution in [2.45, 2.75) is 32.6 Å². The smallest absolute Gasteiger partial charge is 0.270 e. The summed E-state index contributed by atoms with van der Waals surface area (Å²) in [7, 11) is 0. The van der Waals surface area contributed by atoms with Gasteiger partial charge in [0.25, 0.3) is 5.69 Å². The van der Waals surface area contributed by atoms with E-state index in [0.29, 0.717) is 6.54 Å². The SMILES string of the molecule is CCCCCC#CC/N=C/c1cccc([N+](=O)[O-])c1. The molecule has 0 spiro atoms. The number of hydrogen-bond donors (Lipinski definition) is 0. The summed E-state index contributed by atoms with van der Waals surface area (Å²) < 4.78 is 0. The second-order valence-corrected chi connectivity index (χ2v) is 4.13. The molecule has 0 bridgehead atoms. The number of aliphatic imine (C=N–C) groups is 1. The second-order valence-electron chi connectivity index (χ2n) is 4.13. The lowest BCUT2D eigenvalue weighted by Gasteiger charge is -1.93. The van der Waals surface area contributed by atoms with Gasteiger partial charge in [0, 0.05) is 24.8 Å². The van der Waals surface area contributed by atoms with E-state index in [9.17, 15) is 10.1 Å². The predicted molar refractivity (Wildman–Crippen MR) is 77.5 cm³/mol. The summed E-state index contributed by atoms with van der Waals surface area (Å²) in [4.78, 5) is 14.3. The molecule has 0 heterocycles. The van der Waals surface area contributed by atoms with Gasteiger partial charge in [-0.05, 0) is 12.0 Å². The minimum atomic E-state index is -0.412. The Morgan fingerprint density at radius 1 is 1.37 bits per heavy atom. The highest BCUT2D eigenvalue weighted by atomic mass is 16.6. The second kappa shape index (κ2) is 8.87. The summed E-state index contributed by atoms with van der Waals surface area (Å²) in [5, 5.41) is 10.6. The molecule has 0 saturated carbocycles. The van der Waals surface area contributed by atoms with Crippen LogP contribution in [0.1, 0.15) is 38.2 Å². The van der Waals surface area contributed by atoms with Gasteiger partial charge >= 0.3 is 0 Å². The van der Waals surface area contributed by atoms with Gasteiger partial charge in [0.2, 0.25) is 0 Å². The summed E-state index contributed by atoms with van der Waals surface area (Å²) >= 11 is 0. The standard InChI is InChI=1S/C15H18N2O2/c1-2-3-4-5-6-7-11-16-13-14-9-8-10-15(12-14)17(18)19/h8-10,12-13H,2-5,11H2,1H3/b16-13+. The molecule has 1 aromatic rings. The molecular weight excluding hydrogens is 240 g/mol. The van der Waals surface area contributed by atoms with Crippen molar-refractivity contribution in [3.8, 4) is 11.8 Å². The van der Waals surface area contributed by atoms with Gasteiger partial charge in [0.15, 0.2) is 0 Å². The minimum Gasteiger partial charge on any atom is -0.280 e. The maximum absolute atomic E-state index is 10.6. The first-order chi connectivity index (χ1) is 9.24. The zero-order valence-electron chi connectivity index (χ0n) is 11.1. The van der Waals surface area contributed by atoms with E-state index >= 15 is 0 Å². The maximum Gasteiger partial charge on any atom is 0.270 e. The number of rotatable bonds is 6. The Balaban J connectivity index is 2.40. The van der Waals surface area contributed by atoms with E-state index in [1.807, 2.05) is 0 Å². The number of nitrogens with zero attached hydrogens (tertiary/aromatic N) is 2. The number of nitro groups is 1. The van der Waals surface area contributed by atoms with E-state index in [1.54, 1.807) is 18.3 Å². The topological polar surface area (TPSA) is 55.5 Å². The number of benzene rings is 1. The van der Waals surface area contributed by atoms with Gasteiger partial charge in [-0.2, -0.15) is 0 Å². The maximum atomic E-state index is 10.6. The van der Waals surface area contributed by atoms with Crippen LogP contribution in [0, 0.1) is 22.0 Å². The normalized spacial score (nSPS) is 10.2. The first-order valence-corrected chi connectivity index (χ1v) is 6.44. The average molecular weight is 258 g/mol. The molecule has 0 N–H and O–H groups in total. The van der Waals surface area contributed by atoms with E-state index in [2.05, 4.69) is 23.8 Å². The molecule has 0 atom stereocenters. The van der Waals surface area contributed by atoms with E-state index in [4.69, 9.17) is 0 Å². The van der Waals surface area contributed by atoms with E-state index in [-0.39, 0.29) is 5.69 Å². The van der Waals surface area contributed by atoms with Gasteiger partial charge in [0.05, 0.1) is 11.5 Å². The molecule has 1 rings (SSSR count). The summed E-state index contributed by atoms with van der Waals surface area (Å²) in [6, 6.07) is 6.39. The van der Waals surface area contributed by atoms with Crippen molar-refractivity contribution in [1.29, 1.82) is 0 Å². The number of nitro benzene ring substituents is 1. The highest BCUT2D eigenvalue weighted by molar-refractivity contribution is 5.80. The molecule has 4 nitrogen and oxygen atoms in total. The Morgan fingerprint density at radius 2 is 2.21 bits per heavy atom. The first-order valence-electron chi connectivity index (χ1n) is 6.44. The van der Waals surface area contributed by atoms with Crippen LogP contribution < -0.4 is 0 Å². The molecule has 1 aromatic carbocycles. The van der Waals surface area contributed by atoms with Gasteiger partial charge in [-0.15, -0.1) is 5.92 Å². The van der Waals surface area contributed by atoms with Gasteiger partial charge in [-0.1, -0.05) is 37.8 Å². The Kier molecular flexibility index (Phi) is 6.96. The Hall–Kier alpha value is -2.15. The fourth-order valence-electron chi connectivity index (χ4n) is 1.52. The molecule has 0 unspecified atom stereocenters. The highest BCUT2D eigenvalue weighted by Gasteiger charge is 2.03. The van der Waals surface area contributed by atoms with Crippen LogP contribution in [0.25, 0.3) is 0 Å². The van der Waals surface area contributed by atoms with Gasteiger partial charge < -0.3 is 0 Å². The lowest BCUT2D eigenvalue weighted by atomic mass is 10.2. The number of non-ortho nitro benzene ring substituents is 1. The highest BCUT2D eigenvalue weighted by Crippen LogP contribution is 2.11. The molecular formula is C15H18N2O2. The van der Waals surface area contributed by atoms with Crippen LogP contribution in [0.15, 0.2) is 29.3 Å². The molecule has 19 heavy (non-hydrogen) atoms. The van der Waals surface area contributed by atoms with Gasteiger partial charge in [-0.3, -0.25) is 15.1 Å². The summed E-state index contributed by atoms with van der Waals surface area (Å²) in [6.45, 7) is 2.60. The number of unbranched alkanes of at least 4 members (excludes halogenated alkanes) is 3. The first kappa shape index (κ1) is 14.9. The minimum absolute atomic E-state index is 0.0783. The molecule has 100 valence electrons. The van der Waals surface area contributed by atoms with Crippen LogP contribution in [0.5, 0.6) is 0 Å². The fourth-order valence-corrected chi connectivity index (χ4v) is 1.52. The summed E-state index contributed by atoms with van der Waals surface area (Å²) in [5.41, 5.74) is 0.802. The van der Waals surface area contributed by atoms with Crippen LogP contribution >= 0.6 is 0 Å². The third kappa shape index (κ3) is 6.37. The number of hydrogen-bond acceptors (Lipinski definition) is 3. The van der Waals surface area contributed by atoms with Crippen molar-refractivity contribution in [2.75, 3.05) is 6.54 Å². The fraction of sp³-hybridized carbons (Fsp3) is 0.400. The van der Waals surface area contributed by atoms with Crippen molar-refractivity contribution in [3.05, 3.63) is 39.9 Å². The molecule has 0 saturated heterocycles. The molecule has 0 aromatic heterocycles. The van der Waals surface area contributed by atoms with Crippen LogP contribution in [-0.4, -0.2) is 17.7 Å². The van der Waals surface area contributed by atoms with Crippen molar-refractivity contribution in [2.24, 2.45) is 4.99 Å². The third-order valence-corrected chi connectivity index (χ3v) is 2.52. The summed E-state index contributed by atoms with van der Waals surface area (Å²) in [6.07, 6.45) is 6.09. The Morgan fingerprint density at radius 3 is 2.95 bits per heavy atom. The molecule has 0 aliphatic heterocycles. The van der Waals surface area contributed by atoms with Gasteiger partial charge in [0.1, 0.15) is 0 Å².